The number of nitrogens with one attached hydrogen (secondary N) is 2. The third-order valence-electron chi connectivity index (χ3n) is 3.70. The second kappa shape index (κ2) is 8.82. The van der Waals surface area contributed by atoms with Crippen LogP contribution in [0.15, 0.2) is 0 Å². The average molecular weight is 294 g/mol. The van der Waals surface area contributed by atoms with E-state index in [0.717, 1.165) is 49.0 Å². The Kier molecular flexibility index (Phi) is 7.43. The first-order valence-electron chi connectivity index (χ1n) is 8.00. The van der Waals surface area contributed by atoms with E-state index in [4.69, 9.17) is 5.11 Å². The second-order valence-electron chi connectivity index (χ2n) is 5.76. The lowest BCUT2D eigenvalue weighted by Crippen LogP contribution is -2.18. The molecule has 0 fully saturated rings. The first-order valence-corrected chi connectivity index (χ1v) is 8.00. The summed E-state index contributed by atoms with van der Waals surface area (Å²) in [6.45, 7) is 12.4. The fraction of sp³-hybridized carbons (Fsp3) is 0.750. The minimum atomic E-state index is 0.239. The fourth-order valence-corrected chi connectivity index (χ4v) is 2.18. The van der Waals surface area contributed by atoms with Gasteiger partial charge in [0, 0.05) is 31.2 Å². The third-order valence-corrected chi connectivity index (χ3v) is 3.70. The standard InChI is InChI=1S/C16H30N4O/c1-6-13(8-9-21)10-18-16-12(5)15(17-7-2)19-14(20-16)11(3)4/h11,13,21H,6-10H2,1-5H3,(H2,17,18,19,20). The Balaban J connectivity index is 2.93. The van der Waals surface area contributed by atoms with E-state index >= 15 is 0 Å². The van der Waals surface area contributed by atoms with Gasteiger partial charge in [0.2, 0.25) is 0 Å². The molecule has 0 aliphatic heterocycles. The Morgan fingerprint density at radius 3 is 2.19 bits per heavy atom. The summed E-state index contributed by atoms with van der Waals surface area (Å²) in [5, 5.41) is 15.8. The van der Waals surface area contributed by atoms with Gasteiger partial charge in [0.1, 0.15) is 17.5 Å². The quantitative estimate of drug-likeness (QED) is 0.652. The lowest BCUT2D eigenvalue weighted by Gasteiger charge is -2.19. The summed E-state index contributed by atoms with van der Waals surface area (Å²) in [5.41, 5.74) is 1.06. The van der Waals surface area contributed by atoms with Crippen LogP contribution in [0, 0.1) is 12.8 Å². The monoisotopic (exact) mass is 294 g/mol. The predicted octanol–water partition coefficient (Wildman–Crippen LogP) is 3.16. The van der Waals surface area contributed by atoms with Crippen molar-refractivity contribution in [2.24, 2.45) is 5.92 Å². The van der Waals surface area contributed by atoms with Gasteiger partial charge in [0.05, 0.1) is 0 Å². The SMILES string of the molecule is CCNc1nc(C(C)C)nc(NCC(CC)CCO)c1C. The number of aliphatic hydroxyl groups is 1. The Morgan fingerprint density at radius 2 is 1.71 bits per heavy atom. The summed E-state index contributed by atoms with van der Waals surface area (Å²) < 4.78 is 0. The molecule has 1 heterocycles. The summed E-state index contributed by atoms with van der Waals surface area (Å²) in [4.78, 5) is 9.26. The molecule has 3 N–H and O–H groups in total. The largest absolute Gasteiger partial charge is 0.396 e. The van der Waals surface area contributed by atoms with Crippen LogP contribution in [0.5, 0.6) is 0 Å². The molecule has 1 aromatic heterocycles. The Bertz CT molecular complexity index is 435. The van der Waals surface area contributed by atoms with Crippen LogP contribution in [0.1, 0.15) is 57.8 Å². The van der Waals surface area contributed by atoms with Crippen molar-refractivity contribution in [3.63, 3.8) is 0 Å². The van der Waals surface area contributed by atoms with Gasteiger partial charge in [-0.05, 0) is 26.2 Å². The smallest absolute Gasteiger partial charge is 0.135 e. The molecule has 1 unspecified atom stereocenters. The van der Waals surface area contributed by atoms with Crippen LogP contribution in [0.25, 0.3) is 0 Å². The maximum atomic E-state index is 9.09. The zero-order chi connectivity index (χ0) is 15.8. The Labute approximate surface area is 128 Å². The van der Waals surface area contributed by atoms with Crippen LogP contribution in [-0.2, 0) is 0 Å². The van der Waals surface area contributed by atoms with Crippen LogP contribution in [0.2, 0.25) is 0 Å². The number of hydrogen-bond acceptors (Lipinski definition) is 5. The van der Waals surface area contributed by atoms with E-state index in [1.807, 2.05) is 6.92 Å². The second-order valence-corrected chi connectivity index (χ2v) is 5.76. The first kappa shape index (κ1) is 17.7. The summed E-state index contributed by atoms with van der Waals surface area (Å²) in [7, 11) is 0. The minimum Gasteiger partial charge on any atom is -0.396 e. The lowest BCUT2D eigenvalue weighted by molar-refractivity contribution is 0.258. The fourth-order valence-electron chi connectivity index (χ4n) is 2.18. The molecule has 5 heteroatoms. The zero-order valence-corrected chi connectivity index (χ0v) is 14.0. The van der Waals surface area contributed by atoms with Crippen molar-refractivity contribution < 1.29 is 5.11 Å². The van der Waals surface area contributed by atoms with Crippen molar-refractivity contribution in [3.8, 4) is 0 Å². The van der Waals surface area contributed by atoms with Crippen LogP contribution in [0.4, 0.5) is 11.6 Å². The van der Waals surface area contributed by atoms with E-state index in [0.29, 0.717) is 11.8 Å². The van der Waals surface area contributed by atoms with E-state index in [9.17, 15) is 0 Å². The number of anilines is 2. The number of hydrogen-bond donors (Lipinski definition) is 3. The van der Waals surface area contributed by atoms with Crippen molar-refractivity contribution in [3.05, 3.63) is 11.4 Å². The highest BCUT2D eigenvalue weighted by Gasteiger charge is 2.14. The van der Waals surface area contributed by atoms with Gasteiger partial charge >= 0.3 is 0 Å². The molecular formula is C16H30N4O. The number of rotatable bonds is 9. The van der Waals surface area contributed by atoms with E-state index in [1.165, 1.54) is 0 Å². The molecule has 0 aliphatic carbocycles. The molecule has 0 saturated carbocycles. The van der Waals surface area contributed by atoms with E-state index in [2.05, 4.69) is 48.3 Å². The molecule has 0 amide bonds. The van der Waals surface area contributed by atoms with E-state index < -0.39 is 0 Å². The molecule has 21 heavy (non-hydrogen) atoms. The van der Waals surface area contributed by atoms with Gasteiger partial charge in [-0.1, -0.05) is 27.2 Å². The minimum absolute atomic E-state index is 0.239. The van der Waals surface area contributed by atoms with Crippen molar-refractivity contribution in [1.29, 1.82) is 0 Å². The maximum Gasteiger partial charge on any atom is 0.135 e. The van der Waals surface area contributed by atoms with Gasteiger partial charge < -0.3 is 15.7 Å². The molecule has 120 valence electrons. The van der Waals surface area contributed by atoms with Crippen molar-refractivity contribution in [1.82, 2.24) is 9.97 Å². The molecule has 1 rings (SSSR count). The highest BCUT2D eigenvalue weighted by atomic mass is 16.3. The van der Waals surface area contributed by atoms with Crippen LogP contribution in [-0.4, -0.2) is 34.8 Å². The van der Waals surface area contributed by atoms with Crippen LogP contribution < -0.4 is 10.6 Å². The van der Waals surface area contributed by atoms with Gasteiger partial charge in [0.15, 0.2) is 0 Å². The van der Waals surface area contributed by atoms with Gasteiger partial charge in [-0.25, -0.2) is 9.97 Å². The topological polar surface area (TPSA) is 70.1 Å². The molecule has 0 aliphatic rings. The molecule has 0 radical (unpaired) electrons. The van der Waals surface area contributed by atoms with Gasteiger partial charge in [-0.15, -0.1) is 0 Å². The summed E-state index contributed by atoms with van der Waals surface area (Å²) >= 11 is 0. The highest BCUT2D eigenvalue weighted by Crippen LogP contribution is 2.23. The molecule has 0 aromatic carbocycles. The molecule has 1 aromatic rings. The summed E-state index contributed by atoms with van der Waals surface area (Å²) in [6, 6.07) is 0. The van der Waals surface area contributed by atoms with Gasteiger partial charge in [-0.3, -0.25) is 0 Å². The zero-order valence-electron chi connectivity index (χ0n) is 14.0. The molecule has 5 nitrogen and oxygen atoms in total. The molecule has 0 bridgehead atoms. The van der Waals surface area contributed by atoms with E-state index in [1.54, 1.807) is 0 Å². The average Bonchev–Trinajstić information content (AvgIpc) is 2.46. The van der Waals surface area contributed by atoms with Crippen molar-refractivity contribution in [2.75, 3.05) is 30.3 Å². The predicted molar refractivity (Wildman–Crippen MR) is 89.0 cm³/mol. The molecule has 0 spiro atoms. The first-order chi connectivity index (χ1) is 10.0. The Morgan fingerprint density at radius 1 is 1.10 bits per heavy atom. The van der Waals surface area contributed by atoms with Crippen LogP contribution >= 0.6 is 0 Å². The van der Waals surface area contributed by atoms with Crippen molar-refractivity contribution in [2.45, 2.75) is 53.4 Å². The summed E-state index contributed by atoms with van der Waals surface area (Å²) in [6.07, 6.45) is 1.87. The Hall–Kier alpha value is -1.36. The van der Waals surface area contributed by atoms with Gasteiger partial charge in [-0.2, -0.15) is 0 Å². The molecule has 0 saturated heterocycles. The molecular weight excluding hydrogens is 264 g/mol. The number of nitrogens with zero attached hydrogens (tertiary/aromatic N) is 2. The highest BCUT2D eigenvalue weighted by molar-refractivity contribution is 5.57. The normalized spacial score (nSPS) is 12.5. The summed E-state index contributed by atoms with van der Waals surface area (Å²) in [5.74, 6) is 3.43. The van der Waals surface area contributed by atoms with Crippen molar-refractivity contribution >= 4 is 11.6 Å². The van der Waals surface area contributed by atoms with E-state index in [-0.39, 0.29) is 6.61 Å². The van der Waals surface area contributed by atoms with Crippen LogP contribution in [0.3, 0.4) is 0 Å². The number of aliphatic hydroxyl groups excluding tert-OH is 1. The number of aromatic nitrogens is 2. The lowest BCUT2D eigenvalue weighted by atomic mass is 10.0. The maximum absolute atomic E-state index is 9.09. The third kappa shape index (κ3) is 5.16. The van der Waals surface area contributed by atoms with Gasteiger partial charge in [0.25, 0.3) is 0 Å². The molecule has 1 atom stereocenters.